The number of hydrogen-bond donors (Lipinski definition) is 0. The Morgan fingerprint density at radius 2 is 1.94 bits per heavy atom. The molecule has 1 aromatic rings. The molecule has 0 spiro atoms. The molecule has 0 aliphatic rings. The van der Waals surface area contributed by atoms with Gasteiger partial charge < -0.3 is 14.2 Å². The number of ether oxygens (including phenoxy) is 3. The molecule has 1 rings (SSSR count). The Bertz CT molecular complexity index is 387. The summed E-state index contributed by atoms with van der Waals surface area (Å²) in [4.78, 5) is 12.0. The second-order valence-electron chi connectivity index (χ2n) is 3.76. The lowest BCUT2D eigenvalue weighted by molar-refractivity contribution is 0.0491. The number of carbonyl (C=O) groups excluding carboxylic acids is 1. The predicted molar refractivity (Wildman–Crippen MR) is 69.4 cm³/mol. The van der Waals surface area contributed by atoms with E-state index >= 15 is 0 Å². The van der Waals surface area contributed by atoms with Gasteiger partial charge in [-0.15, -0.1) is 0 Å². The van der Waals surface area contributed by atoms with E-state index in [1.165, 1.54) is 7.11 Å². The zero-order chi connectivity index (χ0) is 13.4. The number of unbranched alkanes of at least 4 members (excludes halogenated alkanes) is 1. The number of carbonyl (C=O) groups is 1. The van der Waals surface area contributed by atoms with Gasteiger partial charge in [-0.1, -0.05) is 19.4 Å². The van der Waals surface area contributed by atoms with Crippen molar-refractivity contribution < 1.29 is 19.0 Å². The molecule has 4 nitrogen and oxygen atoms in total. The van der Waals surface area contributed by atoms with Gasteiger partial charge in [-0.25, -0.2) is 4.79 Å². The van der Waals surface area contributed by atoms with Crippen LogP contribution in [0, 0.1) is 0 Å². The topological polar surface area (TPSA) is 44.8 Å². The van der Waals surface area contributed by atoms with Crippen LogP contribution in [0.25, 0.3) is 0 Å². The minimum Gasteiger partial charge on any atom is -0.496 e. The van der Waals surface area contributed by atoms with E-state index in [-0.39, 0.29) is 0 Å². The first-order valence-electron chi connectivity index (χ1n) is 6.21. The van der Waals surface area contributed by atoms with Gasteiger partial charge in [0.15, 0.2) is 0 Å². The maximum Gasteiger partial charge on any atom is 0.345 e. The first kappa shape index (κ1) is 14.4. The van der Waals surface area contributed by atoms with E-state index in [4.69, 9.17) is 14.2 Å². The van der Waals surface area contributed by atoms with Crippen molar-refractivity contribution in [2.45, 2.75) is 26.7 Å². The van der Waals surface area contributed by atoms with Gasteiger partial charge in [-0.3, -0.25) is 0 Å². The van der Waals surface area contributed by atoms with Crippen molar-refractivity contribution in [1.29, 1.82) is 0 Å². The number of rotatable bonds is 7. The highest BCUT2D eigenvalue weighted by Gasteiger charge is 2.19. The lowest BCUT2D eigenvalue weighted by atomic mass is 10.1. The van der Waals surface area contributed by atoms with Gasteiger partial charge in [0.1, 0.15) is 17.1 Å². The molecule has 0 bridgehead atoms. The molecule has 0 atom stereocenters. The molecule has 0 aliphatic heterocycles. The second kappa shape index (κ2) is 7.58. The molecule has 0 unspecified atom stereocenters. The molecule has 0 aromatic heterocycles. The van der Waals surface area contributed by atoms with Gasteiger partial charge in [-0.05, 0) is 25.5 Å². The van der Waals surface area contributed by atoms with E-state index in [2.05, 4.69) is 0 Å². The van der Waals surface area contributed by atoms with Crippen molar-refractivity contribution in [2.24, 2.45) is 0 Å². The normalized spacial score (nSPS) is 9.94. The molecule has 0 radical (unpaired) electrons. The average molecular weight is 252 g/mol. The van der Waals surface area contributed by atoms with Crippen molar-refractivity contribution in [3.8, 4) is 11.5 Å². The Morgan fingerprint density at radius 1 is 1.22 bits per heavy atom. The molecule has 100 valence electrons. The van der Waals surface area contributed by atoms with Crippen LogP contribution in [0.3, 0.4) is 0 Å². The standard InChI is InChI=1S/C14H20O4/c1-4-6-10-18-14(15)13-11(16-3)8-7-9-12(13)17-5-2/h7-9H,4-6,10H2,1-3H3. The first-order valence-corrected chi connectivity index (χ1v) is 6.21. The molecule has 0 heterocycles. The molecule has 4 heteroatoms. The Labute approximate surface area is 108 Å². The van der Waals surface area contributed by atoms with E-state index in [9.17, 15) is 4.79 Å². The summed E-state index contributed by atoms with van der Waals surface area (Å²) in [6, 6.07) is 5.24. The highest BCUT2D eigenvalue weighted by molar-refractivity contribution is 5.95. The average Bonchev–Trinajstić information content (AvgIpc) is 2.39. The largest absolute Gasteiger partial charge is 0.496 e. The van der Waals surface area contributed by atoms with Crippen LogP contribution in [0.5, 0.6) is 11.5 Å². The highest BCUT2D eigenvalue weighted by atomic mass is 16.5. The van der Waals surface area contributed by atoms with Gasteiger partial charge in [-0.2, -0.15) is 0 Å². The van der Waals surface area contributed by atoms with Crippen molar-refractivity contribution in [3.63, 3.8) is 0 Å². The smallest absolute Gasteiger partial charge is 0.345 e. The zero-order valence-electron chi connectivity index (χ0n) is 11.2. The van der Waals surface area contributed by atoms with E-state index < -0.39 is 5.97 Å². The zero-order valence-corrected chi connectivity index (χ0v) is 11.2. The van der Waals surface area contributed by atoms with E-state index in [1.54, 1.807) is 18.2 Å². The van der Waals surface area contributed by atoms with Crippen LogP contribution in [-0.2, 0) is 4.74 Å². The van der Waals surface area contributed by atoms with Crippen molar-refractivity contribution >= 4 is 5.97 Å². The van der Waals surface area contributed by atoms with Gasteiger partial charge in [0, 0.05) is 0 Å². The third-order valence-electron chi connectivity index (χ3n) is 2.44. The second-order valence-corrected chi connectivity index (χ2v) is 3.76. The van der Waals surface area contributed by atoms with Crippen LogP contribution in [0.15, 0.2) is 18.2 Å². The maximum atomic E-state index is 12.0. The van der Waals surface area contributed by atoms with Crippen LogP contribution in [0.1, 0.15) is 37.0 Å². The van der Waals surface area contributed by atoms with Gasteiger partial charge in [0.05, 0.1) is 20.3 Å². The van der Waals surface area contributed by atoms with E-state index in [0.717, 1.165) is 12.8 Å². The maximum absolute atomic E-state index is 12.0. The number of esters is 1. The fraction of sp³-hybridized carbons (Fsp3) is 0.500. The SMILES string of the molecule is CCCCOC(=O)c1c(OC)cccc1OCC. The number of benzene rings is 1. The highest BCUT2D eigenvalue weighted by Crippen LogP contribution is 2.29. The van der Waals surface area contributed by atoms with Gasteiger partial charge >= 0.3 is 5.97 Å². The Kier molecular flexibility index (Phi) is 6.05. The van der Waals surface area contributed by atoms with Crippen LogP contribution in [-0.4, -0.2) is 26.3 Å². The van der Waals surface area contributed by atoms with Crippen LogP contribution < -0.4 is 9.47 Å². The lowest BCUT2D eigenvalue weighted by Crippen LogP contribution is -2.10. The minimum atomic E-state index is -0.399. The summed E-state index contributed by atoms with van der Waals surface area (Å²) in [5, 5.41) is 0. The van der Waals surface area contributed by atoms with Crippen molar-refractivity contribution in [2.75, 3.05) is 20.3 Å². The number of methoxy groups -OCH3 is 1. The third-order valence-corrected chi connectivity index (χ3v) is 2.44. The molecule has 0 saturated heterocycles. The fourth-order valence-corrected chi connectivity index (χ4v) is 1.54. The van der Waals surface area contributed by atoms with Crippen LogP contribution in [0.4, 0.5) is 0 Å². The molecule has 0 aliphatic carbocycles. The molecule has 0 amide bonds. The molecule has 0 saturated carbocycles. The molecular formula is C14H20O4. The third kappa shape index (κ3) is 3.65. The van der Waals surface area contributed by atoms with Crippen LogP contribution >= 0.6 is 0 Å². The van der Waals surface area contributed by atoms with Gasteiger partial charge in [0.25, 0.3) is 0 Å². The fourth-order valence-electron chi connectivity index (χ4n) is 1.54. The Hall–Kier alpha value is -1.71. The summed E-state index contributed by atoms with van der Waals surface area (Å²) >= 11 is 0. The predicted octanol–water partition coefficient (Wildman–Crippen LogP) is 3.05. The molecule has 1 aromatic carbocycles. The Balaban J connectivity index is 2.92. The van der Waals surface area contributed by atoms with Crippen molar-refractivity contribution in [1.82, 2.24) is 0 Å². The first-order chi connectivity index (χ1) is 8.74. The van der Waals surface area contributed by atoms with Gasteiger partial charge in [0.2, 0.25) is 0 Å². The summed E-state index contributed by atoms with van der Waals surface area (Å²) in [6.07, 6.45) is 1.84. The van der Waals surface area contributed by atoms with Crippen molar-refractivity contribution in [3.05, 3.63) is 23.8 Å². The Morgan fingerprint density at radius 3 is 2.56 bits per heavy atom. The summed E-state index contributed by atoms with van der Waals surface area (Å²) < 4.78 is 15.8. The lowest BCUT2D eigenvalue weighted by Gasteiger charge is -2.13. The minimum absolute atomic E-state index is 0.359. The van der Waals surface area contributed by atoms with Crippen LogP contribution in [0.2, 0.25) is 0 Å². The molecule has 0 N–H and O–H groups in total. The quantitative estimate of drug-likeness (QED) is 0.552. The summed E-state index contributed by atoms with van der Waals surface area (Å²) in [6.45, 7) is 4.82. The number of hydrogen-bond acceptors (Lipinski definition) is 4. The monoisotopic (exact) mass is 252 g/mol. The van der Waals surface area contributed by atoms with E-state index in [1.807, 2.05) is 13.8 Å². The molecule has 18 heavy (non-hydrogen) atoms. The summed E-state index contributed by atoms with van der Waals surface area (Å²) in [5.41, 5.74) is 0.359. The summed E-state index contributed by atoms with van der Waals surface area (Å²) in [7, 11) is 1.52. The molecular weight excluding hydrogens is 232 g/mol. The molecule has 0 fully saturated rings. The van der Waals surface area contributed by atoms with E-state index in [0.29, 0.717) is 30.3 Å². The summed E-state index contributed by atoms with van der Waals surface area (Å²) in [5.74, 6) is 0.574.